The summed E-state index contributed by atoms with van der Waals surface area (Å²) in [6.07, 6.45) is 4.87. The molecular formula is C33H35ClN4O6S. The summed E-state index contributed by atoms with van der Waals surface area (Å²) >= 11 is 6.27. The number of carbonyl (C=O) groups excluding carboxylic acids is 1. The van der Waals surface area contributed by atoms with Gasteiger partial charge in [-0.25, -0.2) is 8.42 Å². The van der Waals surface area contributed by atoms with Crippen LogP contribution in [0, 0.1) is 5.92 Å². The minimum atomic E-state index is -4.14. The van der Waals surface area contributed by atoms with Crippen molar-refractivity contribution in [3.05, 3.63) is 117 Å². The second-order valence-corrected chi connectivity index (χ2v) is 13.0. The number of halogens is 1. The molecule has 0 saturated heterocycles. The van der Waals surface area contributed by atoms with Gasteiger partial charge in [0.1, 0.15) is 11.5 Å². The van der Waals surface area contributed by atoms with Crippen LogP contribution in [-0.2, 0) is 34.3 Å². The highest BCUT2D eigenvalue weighted by Crippen LogP contribution is 2.36. The van der Waals surface area contributed by atoms with Gasteiger partial charge in [0.2, 0.25) is 15.9 Å². The standard InChI is InChI=1S/C33H35ClN4O6S/c1-43-27-11-7-23(8-12-27)21-37(22-24-9-13-28(44-2)14-10-24)45(41,42)32-19-26(18-31-29(32)20-35-38(31)15-16-39)36-33(40)17-25-5-3-4-6-30(25)34/h3-14,18-20,29,31,39H,15-17,21-22H2,1-2H3,(H,36,40). The number of carbonyl (C=O) groups is 1. The zero-order chi connectivity index (χ0) is 32.0. The summed E-state index contributed by atoms with van der Waals surface area (Å²) in [7, 11) is -0.996. The number of rotatable bonds is 13. The molecule has 2 atom stereocenters. The van der Waals surface area contributed by atoms with Gasteiger partial charge in [-0.05, 0) is 59.2 Å². The lowest BCUT2D eigenvalue weighted by atomic mass is 9.95. The monoisotopic (exact) mass is 650 g/mol. The lowest BCUT2D eigenvalue weighted by Crippen LogP contribution is -2.42. The molecule has 10 nitrogen and oxygen atoms in total. The molecule has 1 aliphatic heterocycles. The molecule has 0 bridgehead atoms. The van der Waals surface area contributed by atoms with Crippen LogP contribution in [-0.4, -0.2) is 68.4 Å². The number of fused-ring (bicyclic) bond motifs is 1. The molecular weight excluding hydrogens is 616 g/mol. The van der Waals surface area contributed by atoms with Crippen LogP contribution in [0.4, 0.5) is 0 Å². The zero-order valence-corrected chi connectivity index (χ0v) is 26.5. The SMILES string of the molecule is COc1ccc(CN(Cc2ccc(OC)cc2)S(=O)(=O)C2=CC(NC(=O)Cc3ccccc3Cl)=CC3C2C=NN3CCO)cc1. The highest BCUT2D eigenvalue weighted by atomic mass is 35.5. The van der Waals surface area contributed by atoms with Crippen LogP contribution < -0.4 is 14.8 Å². The maximum atomic E-state index is 14.6. The van der Waals surface area contributed by atoms with Crippen molar-refractivity contribution in [3.8, 4) is 11.5 Å². The first-order valence-electron chi connectivity index (χ1n) is 14.4. The number of sulfonamides is 1. The number of aliphatic hydroxyl groups is 1. The molecule has 0 spiro atoms. The Kier molecular flexibility index (Phi) is 10.2. The summed E-state index contributed by atoms with van der Waals surface area (Å²) in [4.78, 5) is 13.2. The van der Waals surface area contributed by atoms with Gasteiger partial charge in [0.15, 0.2) is 0 Å². The van der Waals surface area contributed by atoms with Gasteiger partial charge in [0.25, 0.3) is 0 Å². The Morgan fingerprint density at radius 3 is 2.13 bits per heavy atom. The van der Waals surface area contributed by atoms with Crippen LogP contribution in [0.15, 0.2) is 101 Å². The highest BCUT2D eigenvalue weighted by molar-refractivity contribution is 7.93. The van der Waals surface area contributed by atoms with Gasteiger partial charge < -0.3 is 19.9 Å². The fourth-order valence-electron chi connectivity index (χ4n) is 5.32. The highest BCUT2D eigenvalue weighted by Gasteiger charge is 2.42. The maximum absolute atomic E-state index is 14.6. The van der Waals surface area contributed by atoms with E-state index in [1.807, 2.05) is 24.3 Å². The summed E-state index contributed by atoms with van der Waals surface area (Å²) in [6.45, 7) is 0.199. The molecule has 3 aromatic carbocycles. The van der Waals surface area contributed by atoms with Gasteiger partial charge in [-0.2, -0.15) is 9.41 Å². The minimum Gasteiger partial charge on any atom is -0.497 e. The topological polar surface area (TPSA) is 121 Å². The van der Waals surface area contributed by atoms with Crippen molar-refractivity contribution >= 4 is 33.7 Å². The lowest BCUT2D eigenvalue weighted by molar-refractivity contribution is -0.119. The van der Waals surface area contributed by atoms with Crippen LogP contribution in [0.5, 0.6) is 11.5 Å². The molecule has 1 heterocycles. The molecule has 5 rings (SSSR count). The molecule has 2 aliphatic rings. The van der Waals surface area contributed by atoms with Crippen molar-refractivity contribution in [3.63, 3.8) is 0 Å². The summed E-state index contributed by atoms with van der Waals surface area (Å²) in [5, 5.41) is 19.0. The molecule has 1 amide bonds. The van der Waals surface area contributed by atoms with Gasteiger partial charge >= 0.3 is 0 Å². The Bertz CT molecular complexity index is 1660. The molecule has 0 radical (unpaired) electrons. The number of nitrogens with zero attached hydrogens (tertiary/aromatic N) is 3. The number of hydrazone groups is 1. The van der Waals surface area contributed by atoms with Crippen molar-refractivity contribution in [2.75, 3.05) is 27.4 Å². The first-order valence-corrected chi connectivity index (χ1v) is 16.2. The summed E-state index contributed by atoms with van der Waals surface area (Å²) in [5.41, 5.74) is 2.52. The fourth-order valence-corrected chi connectivity index (χ4v) is 7.28. The Morgan fingerprint density at radius 1 is 0.978 bits per heavy atom. The summed E-state index contributed by atoms with van der Waals surface area (Å²) in [6, 6.07) is 21.0. The molecule has 0 saturated carbocycles. The lowest BCUT2D eigenvalue weighted by Gasteiger charge is -2.32. The Labute approximate surface area is 268 Å². The van der Waals surface area contributed by atoms with E-state index in [1.165, 1.54) is 10.4 Å². The molecule has 2 N–H and O–H groups in total. The average Bonchev–Trinajstić information content (AvgIpc) is 3.44. The van der Waals surface area contributed by atoms with E-state index < -0.39 is 22.0 Å². The molecule has 0 aromatic heterocycles. The smallest absolute Gasteiger partial charge is 0.240 e. The molecule has 236 valence electrons. The zero-order valence-electron chi connectivity index (χ0n) is 25.0. The van der Waals surface area contributed by atoms with E-state index in [2.05, 4.69) is 10.4 Å². The third-order valence-electron chi connectivity index (χ3n) is 7.66. The Hall–Kier alpha value is -4.16. The number of nitrogens with one attached hydrogen (secondary N) is 1. The number of aliphatic hydroxyl groups excluding tert-OH is 1. The first-order chi connectivity index (χ1) is 21.7. The number of benzene rings is 3. The molecule has 3 aromatic rings. The Balaban J connectivity index is 1.49. The number of amides is 1. The third-order valence-corrected chi connectivity index (χ3v) is 9.95. The third kappa shape index (κ3) is 7.56. The van der Waals surface area contributed by atoms with E-state index in [0.29, 0.717) is 27.8 Å². The van der Waals surface area contributed by atoms with Crippen LogP contribution in [0.2, 0.25) is 5.02 Å². The summed E-state index contributed by atoms with van der Waals surface area (Å²) < 4.78 is 41.2. The van der Waals surface area contributed by atoms with E-state index in [-0.39, 0.29) is 43.5 Å². The number of ether oxygens (including phenoxy) is 2. The number of hydrogen-bond donors (Lipinski definition) is 2. The molecule has 0 fully saturated rings. The van der Waals surface area contributed by atoms with E-state index in [0.717, 1.165) is 11.1 Å². The number of hydrogen-bond acceptors (Lipinski definition) is 8. The first kappa shape index (κ1) is 32.2. The van der Waals surface area contributed by atoms with Crippen LogP contribution in [0.1, 0.15) is 16.7 Å². The second-order valence-electron chi connectivity index (χ2n) is 10.6. The maximum Gasteiger partial charge on any atom is 0.240 e. The average molecular weight is 651 g/mol. The molecule has 2 unspecified atom stereocenters. The van der Waals surface area contributed by atoms with Crippen LogP contribution in [0.25, 0.3) is 0 Å². The van der Waals surface area contributed by atoms with E-state index >= 15 is 0 Å². The van der Waals surface area contributed by atoms with Crippen molar-refractivity contribution in [1.82, 2.24) is 14.6 Å². The fraction of sp³-hybridized carbons (Fsp3) is 0.273. The second kappa shape index (κ2) is 14.3. The van der Waals surface area contributed by atoms with Crippen LogP contribution >= 0.6 is 11.6 Å². The van der Waals surface area contributed by atoms with Crippen molar-refractivity contribution in [2.24, 2.45) is 11.0 Å². The number of allylic oxidation sites excluding steroid dienone is 1. The van der Waals surface area contributed by atoms with Gasteiger partial charge in [0, 0.05) is 30.0 Å². The quantitative estimate of drug-likeness (QED) is 0.286. The van der Waals surface area contributed by atoms with Gasteiger partial charge in [-0.15, -0.1) is 0 Å². The molecule has 12 heteroatoms. The number of β-amino-alcohol motifs (C(OH)–C–C–N with tert-alkyl or cyclic N) is 1. The Morgan fingerprint density at radius 2 is 1.58 bits per heavy atom. The summed E-state index contributed by atoms with van der Waals surface area (Å²) in [5.74, 6) is 0.353. The predicted molar refractivity (Wildman–Crippen MR) is 173 cm³/mol. The van der Waals surface area contributed by atoms with Gasteiger partial charge in [-0.3, -0.25) is 9.80 Å². The molecule has 45 heavy (non-hydrogen) atoms. The van der Waals surface area contributed by atoms with Gasteiger partial charge in [-0.1, -0.05) is 54.1 Å². The normalized spacial score (nSPS) is 17.5. The van der Waals surface area contributed by atoms with Crippen molar-refractivity contribution in [2.45, 2.75) is 25.6 Å². The largest absolute Gasteiger partial charge is 0.497 e. The molecule has 1 aliphatic carbocycles. The van der Waals surface area contributed by atoms with E-state index in [4.69, 9.17) is 21.1 Å². The van der Waals surface area contributed by atoms with Crippen molar-refractivity contribution in [1.29, 1.82) is 0 Å². The predicted octanol–water partition coefficient (Wildman–Crippen LogP) is 4.11. The van der Waals surface area contributed by atoms with Crippen molar-refractivity contribution < 1.29 is 27.8 Å². The van der Waals surface area contributed by atoms with E-state index in [9.17, 15) is 18.3 Å². The van der Waals surface area contributed by atoms with Crippen LogP contribution in [0.3, 0.4) is 0 Å². The van der Waals surface area contributed by atoms with Gasteiger partial charge in [0.05, 0.1) is 50.7 Å². The van der Waals surface area contributed by atoms with E-state index in [1.54, 1.807) is 80.1 Å². The minimum absolute atomic E-state index is 0.0128. The number of methoxy groups -OCH3 is 2.